The van der Waals surface area contributed by atoms with Gasteiger partial charge < -0.3 is 4.74 Å². The first kappa shape index (κ1) is 12.1. The van der Waals surface area contributed by atoms with Crippen molar-refractivity contribution in [1.29, 1.82) is 0 Å². The van der Waals surface area contributed by atoms with E-state index in [2.05, 4.69) is 0 Å². The maximum Gasteiger partial charge on any atom is 0.308 e. The molecule has 0 saturated carbocycles. The van der Waals surface area contributed by atoms with E-state index in [0.717, 1.165) is 5.56 Å². The SMILES string of the molecule is Cc1cccc(S(=O)(=O)O[C@H]2CCC(=O)O2)c1. The molecule has 1 atom stereocenters. The lowest BCUT2D eigenvalue weighted by atomic mass is 10.2. The molecule has 6 heteroatoms. The van der Waals surface area contributed by atoms with Crippen LogP contribution in [0.3, 0.4) is 0 Å². The molecule has 0 radical (unpaired) electrons. The predicted octanol–water partition coefficient (Wildman–Crippen LogP) is 1.36. The van der Waals surface area contributed by atoms with Crippen LogP contribution in [0.25, 0.3) is 0 Å². The van der Waals surface area contributed by atoms with Crippen LogP contribution < -0.4 is 0 Å². The third kappa shape index (κ3) is 2.83. The normalized spacial score (nSPS) is 20.3. The zero-order valence-corrected chi connectivity index (χ0v) is 10.1. The molecule has 0 bridgehead atoms. The molecule has 2 rings (SSSR count). The van der Waals surface area contributed by atoms with Crippen molar-refractivity contribution >= 4 is 16.1 Å². The van der Waals surface area contributed by atoms with Crippen LogP contribution in [0.5, 0.6) is 0 Å². The van der Waals surface area contributed by atoms with Crippen molar-refractivity contribution in [3.05, 3.63) is 29.8 Å². The highest BCUT2D eigenvalue weighted by atomic mass is 32.2. The molecular formula is C11H12O5S. The zero-order valence-electron chi connectivity index (χ0n) is 9.25. The molecule has 1 saturated heterocycles. The number of aryl methyl sites for hydroxylation is 1. The van der Waals surface area contributed by atoms with Gasteiger partial charge in [0.25, 0.3) is 10.1 Å². The standard InChI is InChI=1S/C11H12O5S/c1-8-3-2-4-9(7-8)17(13,14)16-11-6-5-10(12)15-11/h2-4,7,11H,5-6H2,1H3/t11-/m0/s1. The summed E-state index contributed by atoms with van der Waals surface area (Å²) in [5, 5.41) is 0. The molecule has 0 aromatic heterocycles. The van der Waals surface area contributed by atoms with E-state index < -0.39 is 22.4 Å². The maximum absolute atomic E-state index is 11.8. The van der Waals surface area contributed by atoms with E-state index in [1.54, 1.807) is 19.1 Å². The van der Waals surface area contributed by atoms with Crippen LogP contribution >= 0.6 is 0 Å². The van der Waals surface area contributed by atoms with Crippen molar-refractivity contribution in [1.82, 2.24) is 0 Å². The fraction of sp³-hybridized carbons (Fsp3) is 0.364. The fourth-order valence-electron chi connectivity index (χ4n) is 1.54. The molecule has 1 heterocycles. The van der Waals surface area contributed by atoms with Crippen molar-refractivity contribution in [2.45, 2.75) is 31.0 Å². The summed E-state index contributed by atoms with van der Waals surface area (Å²) in [6.07, 6.45) is -0.536. The molecule has 0 spiro atoms. The number of benzene rings is 1. The van der Waals surface area contributed by atoms with Crippen molar-refractivity contribution in [2.75, 3.05) is 0 Å². The van der Waals surface area contributed by atoms with Crippen LogP contribution in [-0.2, 0) is 23.8 Å². The number of ether oxygens (including phenoxy) is 1. The lowest BCUT2D eigenvalue weighted by Crippen LogP contribution is -2.18. The second-order valence-corrected chi connectivity index (χ2v) is 5.40. The molecule has 0 unspecified atom stereocenters. The van der Waals surface area contributed by atoms with Gasteiger partial charge in [-0.05, 0) is 24.6 Å². The Morgan fingerprint density at radius 1 is 1.41 bits per heavy atom. The molecule has 1 aromatic carbocycles. The highest BCUT2D eigenvalue weighted by Crippen LogP contribution is 2.21. The van der Waals surface area contributed by atoms with Gasteiger partial charge in [-0.15, -0.1) is 0 Å². The van der Waals surface area contributed by atoms with Crippen LogP contribution in [0.1, 0.15) is 18.4 Å². The Kier molecular flexibility index (Phi) is 3.17. The van der Waals surface area contributed by atoms with E-state index >= 15 is 0 Å². The van der Waals surface area contributed by atoms with Crippen LogP contribution in [0.2, 0.25) is 0 Å². The zero-order chi connectivity index (χ0) is 12.5. The number of carbonyl (C=O) groups is 1. The van der Waals surface area contributed by atoms with Gasteiger partial charge in [0.2, 0.25) is 6.29 Å². The minimum atomic E-state index is -3.87. The Labute approximate surface area is 99.5 Å². The molecule has 1 aliphatic heterocycles. The highest BCUT2D eigenvalue weighted by Gasteiger charge is 2.29. The second-order valence-electron chi connectivity index (χ2n) is 3.82. The molecule has 1 fully saturated rings. The summed E-state index contributed by atoms with van der Waals surface area (Å²) in [5.74, 6) is -0.436. The lowest BCUT2D eigenvalue weighted by Gasteiger charge is -2.10. The van der Waals surface area contributed by atoms with Gasteiger partial charge in [0.15, 0.2) is 0 Å². The third-order valence-corrected chi connectivity index (χ3v) is 3.66. The first-order chi connectivity index (χ1) is 7.97. The van der Waals surface area contributed by atoms with Crippen LogP contribution in [0.15, 0.2) is 29.2 Å². The van der Waals surface area contributed by atoms with Crippen molar-refractivity contribution in [3.63, 3.8) is 0 Å². The fourth-order valence-corrected chi connectivity index (χ4v) is 2.64. The Morgan fingerprint density at radius 2 is 2.18 bits per heavy atom. The van der Waals surface area contributed by atoms with E-state index in [4.69, 9.17) is 8.92 Å². The number of esters is 1. The highest BCUT2D eigenvalue weighted by molar-refractivity contribution is 7.86. The van der Waals surface area contributed by atoms with Gasteiger partial charge in [-0.2, -0.15) is 8.42 Å². The van der Waals surface area contributed by atoms with Crippen LogP contribution in [0, 0.1) is 6.92 Å². The van der Waals surface area contributed by atoms with Crippen LogP contribution in [-0.4, -0.2) is 20.7 Å². The summed E-state index contributed by atoms with van der Waals surface area (Å²) < 4.78 is 33.2. The summed E-state index contributed by atoms with van der Waals surface area (Å²) in [7, 11) is -3.87. The van der Waals surface area contributed by atoms with Gasteiger partial charge in [-0.1, -0.05) is 12.1 Å². The van der Waals surface area contributed by atoms with E-state index in [0.29, 0.717) is 0 Å². The summed E-state index contributed by atoms with van der Waals surface area (Å²) in [6.45, 7) is 1.79. The molecule has 1 aromatic rings. The Morgan fingerprint density at radius 3 is 2.76 bits per heavy atom. The number of hydrogen-bond acceptors (Lipinski definition) is 5. The number of carbonyl (C=O) groups excluding carboxylic acids is 1. The van der Waals surface area contributed by atoms with Crippen molar-refractivity contribution in [2.24, 2.45) is 0 Å². The largest absolute Gasteiger partial charge is 0.434 e. The van der Waals surface area contributed by atoms with Gasteiger partial charge in [0.1, 0.15) is 0 Å². The molecule has 0 N–H and O–H groups in total. The maximum atomic E-state index is 11.8. The molecule has 1 aliphatic rings. The van der Waals surface area contributed by atoms with Gasteiger partial charge in [0.05, 0.1) is 11.3 Å². The predicted molar refractivity (Wildman–Crippen MR) is 58.6 cm³/mol. The minimum Gasteiger partial charge on any atom is -0.434 e. The Hall–Kier alpha value is -1.40. The minimum absolute atomic E-state index is 0.0699. The second kappa shape index (κ2) is 4.46. The molecule has 0 aliphatic carbocycles. The first-order valence-corrected chi connectivity index (χ1v) is 6.58. The quantitative estimate of drug-likeness (QED) is 0.603. The molecule has 92 valence electrons. The molecule has 5 nitrogen and oxygen atoms in total. The topological polar surface area (TPSA) is 69.7 Å². The number of hydrogen-bond donors (Lipinski definition) is 0. The smallest absolute Gasteiger partial charge is 0.308 e. The average molecular weight is 256 g/mol. The van der Waals surface area contributed by atoms with E-state index in [1.165, 1.54) is 12.1 Å². The van der Waals surface area contributed by atoms with Gasteiger partial charge >= 0.3 is 5.97 Å². The van der Waals surface area contributed by atoms with E-state index in [9.17, 15) is 13.2 Å². The van der Waals surface area contributed by atoms with Crippen LogP contribution in [0.4, 0.5) is 0 Å². The average Bonchev–Trinajstić information content (AvgIpc) is 2.63. The van der Waals surface area contributed by atoms with Gasteiger partial charge in [0, 0.05) is 6.42 Å². The summed E-state index contributed by atoms with van der Waals surface area (Å²) >= 11 is 0. The van der Waals surface area contributed by atoms with Gasteiger partial charge in [-0.25, -0.2) is 4.18 Å². The molecular weight excluding hydrogens is 244 g/mol. The summed E-state index contributed by atoms with van der Waals surface area (Å²) in [6, 6.07) is 6.37. The lowest BCUT2D eigenvalue weighted by molar-refractivity contribution is -0.150. The summed E-state index contributed by atoms with van der Waals surface area (Å²) in [4.78, 5) is 10.9. The van der Waals surface area contributed by atoms with E-state index in [1.807, 2.05) is 0 Å². The molecule has 0 amide bonds. The van der Waals surface area contributed by atoms with Crippen molar-refractivity contribution < 1.29 is 22.1 Å². The molecule has 17 heavy (non-hydrogen) atoms. The number of rotatable bonds is 3. The third-order valence-electron chi connectivity index (χ3n) is 2.36. The number of cyclic esters (lactones) is 1. The summed E-state index contributed by atoms with van der Waals surface area (Å²) in [5.41, 5.74) is 0.818. The Bertz CT molecular complexity index is 535. The van der Waals surface area contributed by atoms with Crippen molar-refractivity contribution in [3.8, 4) is 0 Å². The monoisotopic (exact) mass is 256 g/mol. The Balaban J connectivity index is 2.17. The van der Waals surface area contributed by atoms with E-state index in [-0.39, 0.29) is 17.7 Å². The first-order valence-electron chi connectivity index (χ1n) is 5.17. The van der Waals surface area contributed by atoms with Gasteiger partial charge in [-0.3, -0.25) is 4.79 Å².